The number of rotatable bonds is 2. The molecule has 0 aromatic heterocycles. The highest BCUT2D eigenvalue weighted by molar-refractivity contribution is 7.99. The smallest absolute Gasteiger partial charge is 0.269 e. The van der Waals surface area contributed by atoms with Crippen molar-refractivity contribution in [3.05, 3.63) is 69.8 Å². The minimum atomic E-state index is -0.443. The number of non-ortho nitro benzene ring substituents is 1. The Morgan fingerprint density at radius 1 is 1.14 bits per heavy atom. The number of nitrogens with one attached hydrogen (secondary N) is 1. The van der Waals surface area contributed by atoms with E-state index in [9.17, 15) is 14.9 Å². The predicted molar refractivity (Wildman–Crippen MR) is 86.9 cm³/mol. The Morgan fingerprint density at radius 3 is 2.59 bits per heavy atom. The molecule has 22 heavy (non-hydrogen) atoms. The van der Waals surface area contributed by atoms with Crippen molar-refractivity contribution in [1.82, 2.24) is 0 Å². The van der Waals surface area contributed by atoms with Crippen LogP contribution in [0.25, 0.3) is 6.08 Å². The lowest BCUT2D eigenvalue weighted by Gasteiger charge is -2.04. The first-order chi connectivity index (χ1) is 10.6. The maximum Gasteiger partial charge on any atom is 0.269 e. The highest BCUT2D eigenvalue weighted by Crippen LogP contribution is 2.32. The third kappa shape index (κ3) is 3.01. The average Bonchev–Trinajstić information content (AvgIpc) is 2.67. The second-order valence-corrected chi connectivity index (χ2v) is 5.77. The molecule has 0 atom stereocenters. The van der Waals surface area contributed by atoms with Crippen molar-refractivity contribution < 1.29 is 9.72 Å². The van der Waals surface area contributed by atoms with Crippen molar-refractivity contribution in [1.29, 1.82) is 0 Å². The standard InChI is InChI=1S/C16H12N2O3S/c19-16-12(9-11-5-7-13(8-6-11)18(20)21)10-22-15-4-2-1-3-14(15)17-16/h1-9H,10H2,(H,17,19)/b12-9+. The number of fused-ring (bicyclic) bond motifs is 1. The Morgan fingerprint density at radius 2 is 1.86 bits per heavy atom. The van der Waals surface area contributed by atoms with E-state index < -0.39 is 4.92 Å². The molecule has 1 amide bonds. The van der Waals surface area contributed by atoms with Crippen LogP contribution in [0.1, 0.15) is 5.56 Å². The molecule has 0 spiro atoms. The van der Waals surface area contributed by atoms with E-state index in [0.717, 1.165) is 16.1 Å². The normalized spacial score (nSPS) is 15.8. The van der Waals surface area contributed by atoms with Crippen molar-refractivity contribution in [3.8, 4) is 0 Å². The van der Waals surface area contributed by atoms with Gasteiger partial charge in [-0.1, -0.05) is 12.1 Å². The Labute approximate surface area is 131 Å². The Hall–Kier alpha value is -2.60. The molecule has 6 heteroatoms. The van der Waals surface area contributed by atoms with Crippen LogP contribution in [0.15, 0.2) is 59.0 Å². The summed E-state index contributed by atoms with van der Waals surface area (Å²) in [6, 6.07) is 13.8. The third-order valence-corrected chi connectivity index (χ3v) is 4.38. The first kappa shape index (κ1) is 14.3. The molecule has 0 fully saturated rings. The fourth-order valence-corrected chi connectivity index (χ4v) is 3.09. The minimum Gasteiger partial charge on any atom is -0.321 e. The number of carbonyl (C=O) groups is 1. The van der Waals surface area contributed by atoms with Gasteiger partial charge in [-0.3, -0.25) is 14.9 Å². The molecule has 1 aliphatic heterocycles. The van der Waals surface area contributed by atoms with Gasteiger partial charge < -0.3 is 5.32 Å². The maximum absolute atomic E-state index is 12.3. The lowest BCUT2D eigenvalue weighted by atomic mass is 10.1. The largest absolute Gasteiger partial charge is 0.321 e. The lowest BCUT2D eigenvalue weighted by molar-refractivity contribution is -0.384. The summed E-state index contributed by atoms with van der Waals surface area (Å²) in [5.74, 6) is 0.413. The van der Waals surface area contributed by atoms with Crippen LogP contribution in [0, 0.1) is 10.1 Å². The van der Waals surface area contributed by atoms with Crippen LogP contribution in [0.4, 0.5) is 11.4 Å². The van der Waals surface area contributed by atoms with Crippen LogP contribution >= 0.6 is 11.8 Å². The van der Waals surface area contributed by atoms with Gasteiger partial charge in [0, 0.05) is 28.4 Å². The summed E-state index contributed by atoms with van der Waals surface area (Å²) in [7, 11) is 0. The molecule has 2 aromatic rings. The van der Waals surface area contributed by atoms with Gasteiger partial charge in [0.1, 0.15) is 0 Å². The van der Waals surface area contributed by atoms with Crippen LogP contribution in [0.5, 0.6) is 0 Å². The fourth-order valence-electron chi connectivity index (χ4n) is 2.12. The minimum absolute atomic E-state index is 0.0363. The van der Waals surface area contributed by atoms with Crippen LogP contribution in [-0.2, 0) is 4.79 Å². The molecule has 0 aliphatic carbocycles. The van der Waals surface area contributed by atoms with E-state index in [2.05, 4.69) is 5.32 Å². The topological polar surface area (TPSA) is 72.2 Å². The van der Waals surface area contributed by atoms with E-state index in [1.165, 1.54) is 12.1 Å². The van der Waals surface area contributed by atoms with Crippen molar-refractivity contribution >= 4 is 35.1 Å². The van der Waals surface area contributed by atoms with Gasteiger partial charge in [-0.2, -0.15) is 0 Å². The molecule has 110 valence electrons. The molecule has 3 rings (SSSR count). The van der Waals surface area contributed by atoms with Crippen molar-refractivity contribution in [2.45, 2.75) is 4.90 Å². The summed E-state index contributed by atoms with van der Waals surface area (Å²) in [6.45, 7) is 0. The summed E-state index contributed by atoms with van der Waals surface area (Å²) in [6.07, 6.45) is 1.76. The number of hydrogen-bond acceptors (Lipinski definition) is 4. The van der Waals surface area contributed by atoms with Gasteiger partial charge in [0.15, 0.2) is 0 Å². The second kappa shape index (κ2) is 6.03. The quantitative estimate of drug-likeness (QED) is 0.521. The first-order valence-electron chi connectivity index (χ1n) is 6.62. The molecule has 1 heterocycles. The molecule has 0 radical (unpaired) electrons. The average molecular weight is 312 g/mol. The van der Waals surface area contributed by atoms with Crippen molar-refractivity contribution in [2.75, 3.05) is 11.1 Å². The first-order valence-corrected chi connectivity index (χ1v) is 7.60. The van der Waals surface area contributed by atoms with E-state index in [-0.39, 0.29) is 11.6 Å². The molecule has 0 unspecified atom stereocenters. The molecule has 1 N–H and O–H groups in total. The number of carbonyl (C=O) groups excluding carboxylic acids is 1. The molecule has 0 bridgehead atoms. The van der Waals surface area contributed by atoms with E-state index in [0.29, 0.717) is 11.3 Å². The molecule has 0 saturated heterocycles. The second-order valence-electron chi connectivity index (χ2n) is 4.76. The van der Waals surface area contributed by atoms with Gasteiger partial charge in [-0.15, -0.1) is 11.8 Å². The third-order valence-electron chi connectivity index (χ3n) is 3.25. The summed E-state index contributed by atoms with van der Waals surface area (Å²) in [5.41, 5.74) is 2.25. The van der Waals surface area contributed by atoms with Gasteiger partial charge in [0.05, 0.1) is 10.6 Å². The van der Waals surface area contributed by atoms with Crippen LogP contribution in [-0.4, -0.2) is 16.6 Å². The number of hydrogen-bond donors (Lipinski definition) is 1. The molecule has 2 aromatic carbocycles. The lowest BCUT2D eigenvalue weighted by Crippen LogP contribution is -2.13. The SMILES string of the molecule is O=C1Nc2ccccc2SC/C1=C\c1ccc([N+](=O)[O-])cc1. The Kier molecular flexibility index (Phi) is 3.93. The molecule has 5 nitrogen and oxygen atoms in total. The monoisotopic (exact) mass is 312 g/mol. The number of para-hydroxylation sites is 1. The zero-order chi connectivity index (χ0) is 15.5. The van der Waals surface area contributed by atoms with Crippen LogP contribution < -0.4 is 5.32 Å². The van der Waals surface area contributed by atoms with Crippen LogP contribution in [0.3, 0.4) is 0 Å². The fraction of sp³-hybridized carbons (Fsp3) is 0.0625. The maximum atomic E-state index is 12.3. The highest BCUT2D eigenvalue weighted by Gasteiger charge is 2.17. The number of nitro benzene ring substituents is 1. The van der Waals surface area contributed by atoms with E-state index in [1.54, 1.807) is 30.0 Å². The van der Waals surface area contributed by atoms with Gasteiger partial charge in [0.25, 0.3) is 11.6 Å². The summed E-state index contributed by atoms with van der Waals surface area (Å²) >= 11 is 1.59. The van der Waals surface area contributed by atoms with Gasteiger partial charge in [-0.05, 0) is 35.9 Å². The zero-order valence-electron chi connectivity index (χ0n) is 11.5. The number of nitro groups is 1. The number of nitrogens with zero attached hydrogens (tertiary/aromatic N) is 1. The Bertz CT molecular complexity index is 769. The van der Waals surface area contributed by atoms with Gasteiger partial charge in [0.2, 0.25) is 0 Å². The number of amides is 1. The summed E-state index contributed by atoms with van der Waals surface area (Å²) in [4.78, 5) is 23.5. The van der Waals surface area contributed by atoms with Gasteiger partial charge in [-0.25, -0.2) is 0 Å². The van der Waals surface area contributed by atoms with Crippen molar-refractivity contribution in [3.63, 3.8) is 0 Å². The Balaban J connectivity index is 1.86. The van der Waals surface area contributed by atoms with Gasteiger partial charge >= 0.3 is 0 Å². The predicted octanol–water partition coefficient (Wildman–Crippen LogP) is 3.72. The van der Waals surface area contributed by atoms with Crippen LogP contribution in [0.2, 0.25) is 0 Å². The number of benzene rings is 2. The zero-order valence-corrected chi connectivity index (χ0v) is 12.3. The molecular weight excluding hydrogens is 300 g/mol. The molecule has 0 saturated carbocycles. The number of anilines is 1. The van der Waals surface area contributed by atoms with Crippen molar-refractivity contribution in [2.24, 2.45) is 0 Å². The molecular formula is C16H12N2O3S. The summed E-state index contributed by atoms with van der Waals surface area (Å²) < 4.78 is 0. The van der Waals surface area contributed by atoms with E-state index >= 15 is 0 Å². The molecule has 1 aliphatic rings. The van der Waals surface area contributed by atoms with E-state index in [1.807, 2.05) is 24.3 Å². The highest BCUT2D eigenvalue weighted by atomic mass is 32.2. The summed E-state index contributed by atoms with van der Waals surface area (Å²) in [5, 5.41) is 13.5. The number of thioether (sulfide) groups is 1. The van der Waals surface area contributed by atoms with E-state index in [4.69, 9.17) is 0 Å².